The molecule has 1 aromatic carbocycles. The summed E-state index contributed by atoms with van der Waals surface area (Å²) in [5.41, 5.74) is 1.23. The van der Waals surface area contributed by atoms with Gasteiger partial charge in [0.15, 0.2) is 0 Å². The minimum absolute atomic E-state index is 0.0852. The summed E-state index contributed by atoms with van der Waals surface area (Å²) in [4.78, 5) is 21.2. The Balaban J connectivity index is 1.52. The van der Waals surface area contributed by atoms with Gasteiger partial charge in [0.05, 0.1) is 6.20 Å². The molecule has 4 rings (SSSR count). The van der Waals surface area contributed by atoms with Gasteiger partial charge in [0, 0.05) is 30.3 Å². The third kappa shape index (κ3) is 3.16. The highest BCUT2D eigenvalue weighted by Gasteiger charge is 2.25. The van der Waals surface area contributed by atoms with E-state index in [0.29, 0.717) is 6.54 Å². The number of carbonyl (C=O) groups excluding carboxylic acids is 1. The molecule has 4 nitrogen and oxygen atoms in total. The number of benzene rings is 1. The minimum atomic E-state index is 0.0852. The second-order valence-corrected chi connectivity index (χ2v) is 7.95. The van der Waals surface area contributed by atoms with Gasteiger partial charge in [-0.3, -0.25) is 4.79 Å². The second kappa shape index (κ2) is 6.63. The van der Waals surface area contributed by atoms with Gasteiger partial charge in [-0.1, -0.05) is 18.2 Å². The first-order valence-electron chi connectivity index (χ1n) is 7.88. The van der Waals surface area contributed by atoms with E-state index in [1.165, 1.54) is 21.8 Å². The molecule has 0 radical (unpaired) electrons. The normalized spacial score (nSPS) is 21.0. The highest BCUT2D eigenvalue weighted by Crippen LogP contribution is 2.33. The molecule has 2 aromatic rings. The molecular weight excluding hydrogens is 328 g/mol. The zero-order chi connectivity index (χ0) is 15.6. The van der Waals surface area contributed by atoms with Crippen molar-refractivity contribution in [2.75, 3.05) is 18.9 Å². The molecule has 1 saturated heterocycles. The van der Waals surface area contributed by atoms with Crippen LogP contribution in [-0.4, -0.2) is 34.7 Å². The summed E-state index contributed by atoms with van der Waals surface area (Å²) < 4.78 is 5.66. The van der Waals surface area contributed by atoms with E-state index in [4.69, 9.17) is 4.74 Å². The van der Waals surface area contributed by atoms with Crippen LogP contribution in [0.15, 0.2) is 35.4 Å². The molecule has 0 aliphatic carbocycles. The zero-order valence-electron chi connectivity index (χ0n) is 12.7. The molecule has 2 aliphatic rings. The molecule has 23 heavy (non-hydrogen) atoms. The number of fused-ring (bicyclic) bond motifs is 1. The molecule has 0 spiro atoms. The molecule has 0 saturated carbocycles. The average Bonchev–Trinajstić information content (AvgIpc) is 3.21. The van der Waals surface area contributed by atoms with Crippen LogP contribution < -0.4 is 0 Å². The van der Waals surface area contributed by atoms with Crippen LogP contribution in [-0.2, 0) is 11.3 Å². The maximum atomic E-state index is 12.8. The smallest absolute Gasteiger partial charge is 0.265 e. The Kier molecular flexibility index (Phi) is 4.37. The molecule has 120 valence electrons. The van der Waals surface area contributed by atoms with Crippen molar-refractivity contribution in [2.24, 2.45) is 0 Å². The lowest BCUT2D eigenvalue weighted by Gasteiger charge is -2.19. The third-order valence-corrected chi connectivity index (χ3v) is 6.35. The summed E-state index contributed by atoms with van der Waals surface area (Å²) >= 11 is 3.31. The van der Waals surface area contributed by atoms with E-state index in [1.54, 1.807) is 6.20 Å². The Bertz CT molecular complexity index is 710. The molecule has 1 unspecified atom stereocenters. The number of ether oxygens (including phenoxy) is 1. The number of hydrogen-bond donors (Lipinski definition) is 0. The Morgan fingerprint density at radius 3 is 3.13 bits per heavy atom. The fourth-order valence-corrected chi connectivity index (χ4v) is 4.96. The molecule has 2 aliphatic heterocycles. The molecule has 1 atom stereocenters. The van der Waals surface area contributed by atoms with Gasteiger partial charge in [-0.25, -0.2) is 4.98 Å². The van der Waals surface area contributed by atoms with Crippen LogP contribution in [0.3, 0.4) is 0 Å². The SMILES string of the molecule is O=C(c1cnc(C2CCCO2)s1)N1CCSc2ccccc2C1. The van der Waals surface area contributed by atoms with E-state index >= 15 is 0 Å². The van der Waals surface area contributed by atoms with Gasteiger partial charge >= 0.3 is 0 Å². The lowest BCUT2D eigenvalue weighted by Crippen LogP contribution is -2.31. The summed E-state index contributed by atoms with van der Waals surface area (Å²) in [7, 11) is 0. The van der Waals surface area contributed by atoms with E-state index in [1.807, 2.05) is 22.7 Å². The van der Waals surface area contributed by atoms with Crippen molar-refractivity contribution in [3.63, 3.8) is 0 Å². The maximum Gasteiger partial charge on any atom is 0.265 e. The molecule has 0 N–H and O–H groups in total. The third-order valence-electron chi connectivity index (χ3n) is 4.18. The predicted molar refractivity (Wildman–Crippen MR) is 91.9 cm³/mol. The minimum Gasteiger partial charge on any atom is -0.371 e. The second-order valence-electron chi connectivity index (χ2n) is 5.75. The Hall–Kier alpha value is -1.37. The zero-order valence-corrected chi connectivity index (χ0v) is 14.4. The average molecular weight is 346 g/mol. The number of thiazole rings is 1. The van der Waals surface area contributed by atoms with Crippen molar-refractivity contribution in [3.8, 4) is 0 Å². The largest absolute Gasteiger partial charge is 0.371 e. The van der Waals surface area contributed by atoms with Crippen molar-refractivity contribution in [1.82, 2.24) is 9.88 Å². The molecule has 1 aromatic heterocycles. The summed E-state index contributed by atoms with van der Waals surface area (Å²) in [6, 6.07) is 8.34. The number of thioether (sulfide) groups is 1. The van der Waals surface area contributed by atoms with Crippen LogP contribution in [0.25, 0.3) is 0 Å². The van der Waals surface area contributed by atoms with Gasteiger partial charge in [-0.15, -0.1) is 23.1 Å². The number of aromatic nitrogens is 1. The Morgan fingerprint density at radius 2 is 2.26 bits per heavy atom. The summed E-state index contributed by atoms with van der Waals surface area (Å²) in [6.07, 6.45) is 3.89. The number of rotatable bonds is 2. The highest BCUT2D eigenvalue weighted by atomic mass is 32.2. The summed E-state index contributed by atoms with van der Waals surface area (Å²) in [6.45, 7) is 2.24. The molecule has 1 amide bonds. The van der Waals surface area contributed by atoms with Crippen molar-refractivity contribution in [3.05, 3.63) is 45.9 Å². The maximum absolute atomic E-state index is 12.8. The number of hydrogen-bond acceptors (Lipinski definition) is 5. The topological polar surface area (TPSA) is 42.4 Å². The fraction of sp³-hybridized carbons (Fsp3) is 0.412. The van der Waals surface area contributed by atoms with Gasteiger partial charge in [0.2, 0.25) is 0 Å². The first kappa shape index (κ1) is 15.2. The predicted octanol–water partition coefficient (Wildman–Crippen LogP) is 3.74. The van der Waals surface area contributed by atoms with Crippen LogP contribution in [0.4, 0.5) is 0 Å². The Labute approximate surface area is 143 Å². The van der Waals surface area contributed by atoms with E-state index in [2.05, 4.69) is 23.2 Å². The monoisotopic (exact) mass is 346 g/mol. The van der Waals surface area contributed by atoms with Gasteiger partial charge in [0.1, 0.15) is 16.0 Å². The van der Waals surface area contributed by atoms with E-state index in [0.717, 1.165) is 41.6 Å². The van der Waals surface area contributed by atoms with Crippen molar-refractivity contribution < 1.29 is 9.53 Å². The molecule has 1 fully saturated rings. The fourth-order valence-electron chi connectivity index (χ4n) is 2.96. The van der Waals surface area contributed by atoms with Crippen molar-refractivity contribution in [1.29, 1.82) is 0 Å². The highest BCUT2D eigenvalue weighted by molar-refractivity contribution is 7.99. The van der Waals surface area contributed by atoms with Gasteiger partial charge in [0.25, 0.3) is 5.91 Å². The molecular formula is C17H18N2O2S2. The lowest BCUT2D eigenvalue weighted by atomic mass is 10.2. The van der Waals surface area contributed by atoms with Crippen molar-refractivity contribution in [2.45, 2.75) is 30.4 Å². The summed E-state index contributed by atoms with van der Waals surface area (Å²) in [5.74, 6) is 1.02. The van der Waals surface area contributed by atoms with E-state index in [-0.39, 0.29) is 12.0 Å². The van der Waals surface area contributed by atoms with Gasteiger partial charge in [-0.05, 0) is 24.5 Å². The van der Waals surface area contributed by atoms with Crippen LogP contribution >= 0.6 is 23.1 Å². The molecule has 3 heterocycles. The van der Waals surface area contributed by atoms with E-state index in [9.17, 15) is 4.79 Å². The van der Waals surface area contributed by atoms with Crippen LogP contribution in [0.2, 0.25) is 0 Å². The quantitative estimate of drug-likeness (QED) is 0.831. The van der Waals surface area contributed by atoms with Crippen molar-refractivity contribution >= 4 is 29.0 Å². The number of amides is 1. The van der Waals surface area contributed by atoms with E-state index < -0.39 is 0 Å². The Morgan fingerprint density at radius 1 is 1.35 bits per heavy atom. The molecule has 0 bridgehead atoms. The van der Waals surface area contributed by atoms with Crippen LogP contribution in [0.5, 0.6) is 0 Å². The van der Waals surface area contributed by atoms with Crippen LogP contribution in [0.1, 0.15) is 39.2 Å². The van der Waals surface area contributed by atoms with Gasteiger partial charge < -0.3 is 9.64 Å². The van der Waals surface area contributed by atoms with Gasteiger partial charge in [-0.2, -0.15) is 0 Å². The standard InChI is InChI=1S/C17H18N2O2S2/c20-17(15-10-18-16(23-15)13-5-3-8-21-13)19-7-9-22-14-6-2-1-4-12(14)11-19/h1-2,4,6,10,13H,3,5,7-9,11H2. The molecule has 6 heteroatoms. The first-order valence-corrected chi connectivity index (χ1v) is 9.69. The van der Waals surface area contributed by atoms with Crippen LogP contribution in [0, 0.1) is 0 Å². The summed E-state index contributed by atoms with van der Waals surface area (Å²) in [5, 5.41) is 0.940. The first-order chi connectivity index (χ1) is 11.3. The lowest BCUT2D eigenvalue weighted by molar-refractivity contribution is 0.0759. The number of carbonyl (C=O) groups is 1. The number of nitrogens with zero attached hydrogens (tertiary/aromatic N) is 2.